The van der Waals surface area contributed by atoms with Gasteiger partial charge in [0.2, 0.25) is 5.91 Å². The second kappa shape index (κ2) is 6.10. The third kappa shape index (κ3) is 3.48. The molecule has 1 aliphatic heterocycles. The molecule has 0 unspecified atom stereocenters. The molecule has 1 aliphatic rings. The van der Waals surface area contributed by atoms with Crippen LogP contribution < -0.4 is 0 Å². The minimum atomic E-state index is -0.150. The van der Waals surface area contributed by atoms with Gasteiger partial charge in [0, 0.05) is 24.8 Å². The molecule has 5 heteroatoms. The number of carbonyl (C=O) groups is 2. The van der Waals surface area contributed by atoms with Crippen LogP contribution >= 0.6 is 15.9 Å². The number of halogens is 1. The summed E-state index contributed by atoms with van der Waals surface area (Å²) >= 11 is 3.24. The summed E-state index contributed by atoms with van der Waals surface area (Å²) in [6.07, 6.45) is 1.98. The predicted molar refractivity (Wildman–Crippen MR) is 59.7 cm³/mol. The van der Waals surface area contributed by atoms with Crippen molar-refractivity contribution in [2.45, 2.75) is 19.3 Å². The summed E-state index contributed by atoms with van der Waals surface area (Å²) in [5, 5.41) is 0.697. The molecule has 0 bridgehead atoms. The quantitative estimate of drug-likeness (QED) is 0.575. The van der Waals surface area contributed by atoms with Crippen molar-refractivity contribution < 1.29 is 14.3 Å². The second-order valence-electron chi connectivity index (χ2n) is 3.62. The zero-order chi connectivity index (χ0) is 11.3. The summed E-state index contributed by atoms with van der Waals surface area (Å²) in [6, 6.07) is 0. The van der Waals surface area contributed by atoms with Crippen molar-refractivity contribution in [2.75, 3.05) is 25.5 Å². The maximum Gasteiger partial charge on any atom is 0.308 e. The van der Waals surface area contributed by atoms with Crippen molar-refractivity contribution in [3.8, 4) is 0 Å². The molecule has 4 nitrogen and oxygen atoms in total. The molecule has 0 spiro atoms. The molecule has 0 aromatic rings. The highest BCUT2D eigenvalue weighted by Crippen LogP contribution is 2.18. The van der Waals surface area contributed by atoms with E-state index in [1.165, 1.54) is 7.11 Å². The van der Waals surface area contributed by atoms with Crippen molar-refractivity contribution in [1.82, 2.24) is 4.90 Å². The monoisotopic (exact) mass is 277 g/mol. The molecule has 0 radical (unpaired) electrons. The van der Waals surface area contributed by atoms with Gasteiger partial charge in [-0.15, -0.1) is 0 Å². The van der Waals surface area contributed by atoms with Crippen molar-refractivity contribution in [3.63, 3.8) is 0 Å². The Kier molecular flexibility index (Phi) is 5.08. The summed E-state index contributed by atoms with van der Waals surface area (Å²) in [5.74, 6) is -0.0131. The zero-order valence-corrected chi connectivity index (χ0v) is 10.5. The van der Waals surface area contributed by atoms with Gasteiger partial charge < -0.3 is 9.64 Å². The van der Waals surface area contributed by atoms with E-state index < -0.39 is 0 Å². The minimum Gasteiger partial charge on any atom is -0.469 e. The van der Waals surface area contributed by atoms with Crippen molar-refractivity contribution >= 4 is 27.8 Å². The maximum absolute atomic E-state index is 11.5. The molecule has 0 aliphatic carbocycles. The molecule has 0 aromatic heterocycles. The first-order valence-electron chi connectivity index (χ1n) is 5.10. The highest BCUT2D eigenvalue weighted by atomic mass is 79.9. The molecule has 1 fully saturated rings. The second-order valence-corrected chi connectivity index (χ2v) is 4.41. The summed E-state index contributed by atoms with van der Waals surface area (Å²) < 4.78 is 4.68. The molecular weight excluding hydrogens is 262 g/mol. The number of alkyl halides is 1. The van der Waals surface area contributed by atoms with E-state index in [4.69, 9.17) is 0 Å². The van der Waals surface area contributed by atoms with Gasteiger partial charge >= 0.3 is 5.97 Å². The largest absolute Gasteiger partial charge is 0.469 e. The van der Waals surface area contributed by atoms with Crippen LogP contribution in [0.15, 0.2) is 0 Å². The van der Waals surface area contributed by atoms with Crippen LogP contribution in [0.4, 0.5) is 0 Å². The highest BCUT2D eigenvalue weighted by molar-refractivity contribution is 9.09. The fraction of sp³-hybridized carbons (Fsp3) is 0.800. The summed E-state index contributed by atoms with van der Waals surface area (Å²) in [7, 11) is 1.41. The van der Waals surface area contributed by atoms with Crippen LogP contribution in [0.25, 0.3) is 0 Å². The number of rotatable bonds is 3. The Balaban J connectivity index is 2.35. The summed E-state index contributed by atoms with van der Waals surface area (Å²) in [6.45, 7) is 1.34. The topological polar surface area (TPSA) is 46.6 Å². The van der Waals surface area contributed by atoms with Gasteiger partial charge in [-0.2, -0.15) is 0 Å². The molecular formula is C10H16BrNO3. The standard InChI is InChI=1S/C10H16BrNO3/c1-15-10(14)8-3-6-12(7-4-8)9(13)2-5-11/h8H,2-7H2,1H3. The predicted octanol–water partition coefficient (Wildman–Crippen LogP) is 1.18. The number of ether oxygens (including phenoxy) is 1. The Morgan fingerprint density at radius 3 is 2.47 bits per heavy atom. The Hall–Kier alpha value is -0.580. The number of amides is 1. The number of hydrogen-bond donors (Lipinski definition) is 0. The van der Waals surface area contributed by atoms with E-state index in [1.807, 2.05) is 4.90 Å². The van der Waals surface area contributed by atoms with Gasteiger partial charge in [-0.05, 0) is 12.8 Å². The van der Waals surface area contributed by atoms with Crippen LogP contribution in [-0.2, 0) is 14.3 Å². The molecule has 1 saturated heterocycles. The average molecular weight is 278 g/mol. The van der Waals surface area contributed by atoms with Crippen molar-refractivity contribution in [3.05, 3.63) is 0 Å². The van der Waals surface area contributed by atoms with Crippen LogP contribution in [0.2, 0.25) is 0 Å². The molecule has 0 aromatic carbocycles. The van der Waals surface area contributed by atoms with E-state index in [0.29, 0.717) is 24.8 Å². The van der Waals surface area contributed by atoms with Crippen LogP contribution in [0, 0.1) is 5.92 Å². The lowest BCUT2D eigenvalue weighted by molar-refractivity contribution is -0.148. The number of esters is 1. The van der Waals surface area contributed by atoms with Gasteiger partial charge in [-0.3, -0.25) is 9.59 Å². The number of nitrogens with zero attached hydrogens (tertiary/aromatic N) is 1. The Labute approximate surface area is 98.1 Å². The van der Waals surface area contributed by atoms with Gasteiger partial charge in [0.05, 0.1) is 13.0 Å². The molecule has 0 N–H and O–H groups in total. The first-order valence-corrected chi connectivity index (χ1v) is 6.22. The van der Waals surface area contributed by atoms with Gasteiger partial charge in [-0.1, -0.05) is 15.9 Å². The number of methoxy groups -OCH3 is 1. The van der Waals surface area contributed by atoms with E-state index in [9.17, 15) is 9.59 Å². The number of piperidine rings is 1. The Morgan fingerprint density at radius 1 is 1.40 bits per heavy atom. The molecule has 1 heterocycles. The van der Waals surface area contributed by atoms with Crippen molar-refractivity contribution in [2.24, 2.45) is 5.92 Å². The Bertz CT molecular complexity index is 237. The van der Waals surface area contributed by atoms with Gasteiger partial charge in [0.1, 0.15) is 0 Å². The number of carbonyl (C=O) groups excluding carboxylic acids is 2. The first kappa shape index (κ1) is 12.5. The van der Waals surface area contributed by atoms with E-state index in [0.717, 1.165) is 12.8 Å². The lowest BCUT2D eigenvalue weighted by Gasteiger charge is -2.30. The Morgan fingerprint density at radius 2 is 2.00 bits per heavy atom. The van der Waals surface area contributed by atoms with Crippen LogP contribution in [0.3, 0.4) is 0 Å². The molecule has 86 valence electrons. The van der Waals surface area contributed by atoms with E-state index in [1.54, 1.807) is 0 Å². The van der Waals surface area contributed by atoms with E-state index in [2.05, 4.69) is 20.7 Å². The molecule has 0 atom stereocenters. The molecule has 15 heavy (non-hydrogen) atoms. The van der Waals surface area contributed by atoms with E-state index >= 15 is 0 Å². The third-order valence-corrected chi connectivity index (χ3v) is 3.09. The van der Waals surface area contributed by atoms with Crippen molar-refractivity contribution in [1.29, 1.82) is 0 Å². The maximum atomic E-state index is 11.5. The first-order chi connectivity index (χ1) is 7.19. The lowest BCUT2D eigenvalue weighted by Crippen LogP contribution is -2.40. The van der Waals surface area contributed by atoms with E-state index in [-0.39, 0.29) is 17.8 Å². The van der Waals surface area contributed by atoms with Gasteiger partial charge in [-0.25, -0.2) is 0 Å². The number of likely N-dealkylation sites (tertiary alicyclic amines) is 1. The van der Waals surface area contributed by atoms with Gasteiger partial charge in [0.15, 0.2) is 0 Å². The number of hydrogen-bond acceptors (Lipinski definition) is 3. The third-order valence-electron chi connectivity index (χ3n) is 2.69. The summed E-state index contributed by atoms with van der Waals surface area (Å²) in [4.78, 5) is 24.6. The van der Waals surface area contributed by atoms with Gasteiger partial charge in [0.25, 0.3) is 0 Å². The molecule has 1 rings (SSSR count). The average Bonchev–Trinajstić information content (AvgIpc) is 2.28. The fourth-order valence-electron chi connectivity index (χ4n) is 1.77. The van der Waals surface area contributed by atoms with Crippen LogP contribution in [-0.4, -0.2) is 42.3 Å². The smallest absolute Gasteiger partial charge is 0.308 e. The van der Waals surface area contributed by atoms with Crippen LogP contribution in [0.1, 0.15) is 19.3 Å². The van der Waals surface area contributed by atoms with Crippen LogP contribution in [0.5, 0.6) is 0 Å². The lowest BCUT2D eigenvalue weighted by atomic mass is 9.97. The SMILES string of the molecule is COC(=O)C1CCN(C(=O)CCBr)CC1. The normalized spacial score (nSPS) is 17.6. The minimum absolute atomic E-state index is 0.0250. The molecule has 1 amide bonds. The molecule has 0 saturated carbocycles. The zero-order valence-electron chi connectivity index (χ0n) is 8.87. The summed E-state index contributed by atoms with van der Waals surface area (Å²) in [5.41, 5.74) is 0. The fourth-order valence-corrected chi connectivity index (χ4v) is 2.11. The highest BCUT2D eigenvalue weighted by Gasteiger charge is 2.27.